The molecule has 0 radical (unpaired) electrons. The largest absolute Gasteiger partial charge is 0.507 e. The molecule has 1 unspecified atom stereocenters. The second-order valence-corrected chi connectivity index (χ2v) is 9.35. The first-order valence-electron chi connectivity index (χ1n) is 14.6. The molecule has 1 rings (SSSR count). The number of phenols is 1. The molecule has 2 amide bonds. The standard InChI is InChI=1S/C34H46N2O6/c1-3-5-6-7-8-9-10-11-12-13-14-15-16-17-18-19-20-21-22-28(4-2)32(38)35-25-26-42-34(41)36-29-23-24-31(37)30(27-29)33(39)40/h5-6,8-9,11-12,14-15,17-18,20-21,23-24,27-28,37H,3-4,7,10,13,16,19,22,25-26H2,1-2H3,(H,35,38)(H,36,41)(H,39,40). The number of ether oxygens (including phenoxy) is 1. The normalized spacial score (nSPS) is 12.8. The van der Waals surface area contributed by atoms with Gasteiger partial charge in [-0.3, -0.25) is 10.1 Å². The fourth-order valence-corrected chi connectivity index (χ4v) is 3.64. The predicted octanol–water partition coefficient (Wildman–Crippen LogP) is 7.87. The number of allylic oxidation sites excluding steroid dienone is 12. The zero-order valence-corrected chi connectivity index (χ0v) is 24.8. The molecule has 1 aromatic rings. The van der Waals surface area contributed by atoms with Crippen LogP contribution in [-0.4, -0.2) is 41.3 Å². The van der Waals surface area contributed by atoms with E-state index in [1.165, 1.54) is 12.1 Å². The lowest BCUT2D eigenvalue weighted by molar-refractivity contribution is -0.125. The van der Waals surface area contributed by atoms with Crippen LogP contribution in [0.15, 0.2) is 91.1 Å². The minimum Gasteiger partial charge on any atom is -0.507 e. The van der Waals surface area contributed by atoms with E-state index in [1.54, 1.807) is 0 Å². The van der Waals surface area contributed by atoms with Crippen LogP contribution in [0.25, 0.3) is 0 Å². The maximum Gasteiger partial charge on any atom is 0.411 e. The summed E-state index contributed by atoms with van der Waals surface area (Å²) in [5.74, 6) is -2.00. The van der Waals surface area contributed by atoms with Gasteiger partial charge in [-0.25, -0.2) is 9.59 Å². The molecule has 42 heavy (non-hydrogen) atoms. The van der Waals surface area contributed by atoms with E-state index in [0.717, 1.165) is 44.6 Å². The van der Waals surface area contributed by atoms with Gasteiger partial charge in [0.25, 0.3) is 0 Å². The molecule has 1 atom stereocenters. The summed E-state index contributed by atoms with van der Waals surface area (Å²) >= 11 is 0. The SMILES string of the molecule is CCC=CCC=CCC=CCC=CCC=CCC=CCC(CC)C(=O)NCCOC(=O)Nc1ccc(O)c(C(=O)O)c1. The van der Waals surface area contributed by atoms with E-state index in [9.17, 15) is 19.5 Å². The lowest BCUT2D eigenvalue weighted by atomic mass is 10.0. The number of carbonyl (C=O) groups is 3. The Balaban J connectivity index is 2.18. The maximum atomic E-state index is 12.4. The van der Waals surface area contributed by atoms with Gasteiger partial charge in [-0.15, -0.1) is 0 Å². The first kappa shape index (κ1) is 35.7. The molecule has 1 aromatic carbocycles. The van der Waals surface area contributed by atoms with Crippen molar-refractivity contribution in [2.24, 2.45) is 5.92 Å². The van der Waals surface area contributed by atoms with E-state index in [0.29, 0.717) is 12.8 Å². The number of rotatable bonds is 20. The maximum absolute atomic E-state index is 12.4. The Bertz CT molecular complexity index is 1130. The van der Waals surface area contributed by atoms with E-state index >= 15 is 0 Å². The van der Waals surface area contributed by atoms with Gasteiger partial charge in [0.05, 0.1) is 6.54 Å². The van der Waals surface area contributed by atoms with E-state index in [-0.39, 0.29) is 36.2 Å². The molecule has 8 heteroatoms. The third kappa shape index (κ3) is 17.4. The number of carboxylic acids is 1. The van der Waals surface area contributed by atoms with Gasteiger partial charge in [0.15, 0.2) is 0 Å². The number of carbonyl (C=O) groups excluding carboxylic acids is 2. The van der Waals surface area contributed by atoms with Gasteiger partial charge >= 0.3 is 12.1 Å². The van der Waals surface area contributed by atoms with Crippen LogP contribution in [0.5, 0.6) is 5.75 Å². The van der Waals surface area contributed by atoms with Gasteiger partial charge in [0.1, 0.15) is 17.9 Å². The lowest BCUT2D eigenvalue weighted by Gasteiger charge is -2.13. The number of nitrogens with one attached hydrogen (secondary N) is 2. The Morgan fingerprint density at radius 2 is 1.33 bits per heavy atom. The monoisotopic (exact) mass is 578 g/mol. The zero-order valence-electron chi connectivity index (χ0n) is 24.8. The van der Waals surface area contributed by atoms with Gasteiger partial charge in [-0.2, -0.15) is 0 Å². The Morgan fingerprint density at radius 1 is 0.810 bits per heavy atom. The number of amides is 2. The highest BCUT2D eigenvalue weighted by Gasteiger charge is 2.15. The summed E-state index contributed by atoms with van der Waals surface area (Å²) < 4.78 is 5.03. The van der Waals surface area contributed by atoms with Crippen molar-refractivity contribution >= 4 is 23.7 Å². The number of aromatic hydroxyl groups is 1. The van der Waals surface area contributed by atoms with Crippen LogP contribution in [0.2, 0.25) is 0 Å². The smallest absolute Gasteiger partial charge is 0.411 e. The third-order valence-corrected chi connectivity index (χ3v) is 5.99. The van der Waals surface area contributed by atoms with E-state index in [2.05, 4.69) is 84.4 Å². The van der Waals surface area contributed by atoms with Crippen LogP contribution in [0, 0.1) is 5.92 Å². The number of carboxylic acid groups (broad SMARTS) is 1. The summed E-state index contributed by atoms with van der Waals surface area (Å²) in [6, 6.07) is 3.65. The molecule has 0 fully saturated rings. The summed E-state index contributed by atoms with van der Waals surface area (Å²) in [5, 5.41) is 23.7. The predicted molar refractivity (Wildman–Crippen MR) is 170 cm³/mol. The second-order valence-electron chi connectivity index (χ2n) is 9.35. The van der Waals surface area contributed by atoms with Crippen molar-refractivity contribution in [1.82, 2.24) is 5.32 Å². The van der Waals surface area contributed by atoms with Crippen molar-refractivity contribution in [3.8, 4) is 5.75 Å². The van der Waals surface area contributed by atoms with Crippen molar-refractivity contribution in [3.05, 3.63) is 96.7 Å². The number of benzene rings is 1. The lowest BCUT2D eigenvalue weighted by Crippen LogP contribution is -2.33. The molecule has 0 heterocycles. The second kappa shape index (κ2) is 23.4. The van der Waals surface area contributed by atoms with Gasteiger partial charge in [-0.1, -0.05) is 86.8 Å². The quantitative estimate of drug-likeness (QED) is 0.0709. The van der Waals surface area contributed by atoms with Crippen LogP contribution in [-0.2, 0) is 9.53 Å². The Morgan fingerprint density at radius 3 is 1.83 bits per heavy atom. The Labute approximate surface area is 250 Å². The average Bonchev–Trinajstić information content (AvgIpc) is 2.97. The third-order valence-electron chi connectivity index (χ3n) is 5.99. The van der Waals surface area contributed by atoms with E-state index < -0.39 is 17.8 Å². The Kier molecular flexibility index (Phi) is 19.9. The molecule has 0 saturated carbocycles. The van der Waals surface area contributed by atoms with Crippen molar-refractivity contribution < 1.29 is 29.3 Å². The fourth-order valence-electron chi connectivity index (χ4n) is 3.64. The number of aromatic carboxylic acids is 1. The number of anilines is 1. The van der Waals surface area contributed by atoms with Crippen LogP contribution in [0.1, 0.15) is 75.6 Å². The molecular weight excluding hydrogens is 532 g/mol. The highest BCUT2D eigenvalue weighted by Crippen LogP contribution is 2.21. The fraction of sp³-hybridized carbons (Fsp3) is 0.382. The van der Waals surface area contributed by atoms with Crippen LogP contribution < -0.4 is 10.6 Å². The van der Waals surface area contributed by atoms with Crippen LogP contribution in [0.4, 0.5) is 10.5 Å². The molecule has 0 aliphatic rings. The summed E-state index contributed by atoms with van der Waals surface area (Å²) in [7, 11) is 0. The molecule has 8 nitrogen and oxygen atoms in total. The number of hydrogen-bond donors (Lipinski definition) is 4. The van der Waals surface area contributed by atoms with Gasteiger partial charge < -0.3 is 20.3 Å². The van der Waals surface area contributed by atoms with Gasteiger partial charge in [0, 0.05) is 11.6 Å². The minimum atomic E-state index is -1.32. The summed E-state index contributed by atoms with van der Waals surface area (Å²) in [4.78, 5) is 35.4. The molecule has 0 spiro atoms. The first-order chi connectivity index (χ1) is 20.4. The van der Waals surface area contributed by atoms with Crippen molar-refractivity contribution in [1.29, 1.82) is 0 Å². The molecule has 0 aromatic heterocycles. The van der Waals surface area contributed by atoms with Crippen LogP contribution >= 0.6 is 0 Å². The zero-order chi connectivity index (χ0) is 30.8. The minimum absolute atomic E-state index is 0.0439. The number of hydrogen-bond acceptors (Lipinski definition) is 5. The van der Waals surface area contributed by atoms with Crippen LogP contribution in [0.3, 0.4) is 0 Å². The molecule has 0 bridgehead atoms. The van der Waals surface area contributed by atoms with E-state index in [4.69, 9.17) is 9.84 Å². The van der Waals surface area contributed by atoms with Gasteiger partial charge in [0.2, 0.25) is 5.91 Å². The molecule has 0 saturated heterocycles. The van der Waals surface area contributed by atoms with Crippen molar-refractivity contribution in [2.45, 2.75) is 65.2 Å². The summed E-state index contributed by atoms with van der Waals surface area (Å²) in [6.45, 7) is 4.20. The Hall–Kier alpha value is -4.33. The molecule has 0 aliphatic carbocycles. The summed E-state index contributed by atoms with van der Waals surface area (Å²) in [5.41, 5.74) is -0.167. The highest BCUT2D eigenvalue weighted by molar-refractivity contribution is 5.94. The highest BCUT2D eigenvalue weighted by atomic mass is 16.5. The first-order valence-corrected chi connectivity index (χ1v) is 14.6. The van der Waals surface area contributed by atoms with E-state index in [1.807, 2.05) is 13.0 Å². The molecule has 4 N–H and O–H groups in total. The molecule has 0 aliphatic heterocycles. The van der Waals surface area contributed by atoms with Gasteiger partial charge in [-0.05, 0) is 69.6 Å². The topological polar surface area (TPSA) is 125 Å². The summed E-state index contributed by atoms with van der Waals surface area (Å²) in [6.07, 6.45) is 31.9. The molecule has 228 valence electrons. The van der Waals surface area contributed by atoms with Crippen molar-refractivity contribution in [2.75, 3.05) is 18.5 Å². The van der Waals surface area contributed by atoms with Crippen molar-refractivity contribution in [3.63, 3.8) is 0 Å². The molecular formula is C34H46N2O6. The average molecular weight is 579 g/mol.